The molecule has 3 rings (SSSR count). The van der Waals surface area contributed by atoms with E-state index in [4.69, 9.17) is 0 Å². The summed E-state index contributed by atoms with van der Waals surface area (Å²) in [5.74, 6) is -0.360. The lowest BCUT2D eigenvalue weighted by Gasteiger charge is -2.07. The first-order valence-electron chi connectivity index (χ1n) is 6.34. The smallest absolute Gasteiger partial charge is 0.292 e. The van der Waals surface area contributed by atoms with Gasteiger partial charge in [0.05, 0.1) is 4.90 Å². The Morgan fingerprint density at radius 2 is 1.95 bits per heavy atom. The van der Waals surface area contributed by atoms with E-state index in [0.29, 0.717) is 5.69 Å². The van der Waals surface area contributed by atoms with E-state index in [1.165, 1.54) is 30.6 Å². The summed E-state index contributed by atoms with van der Waals surface area (Å²) in [5.41, 5.74) is 0.474. The van der Waals surface area contributed by atoms with Crippen LogP contribution in [0.2, 0.25) is 0 Å². The second-order valence-corrected chi connectivity index (χ2v) is 6.42. The van der Waals surface area contributed by atoms with Gasteiger partial charge in [0.15, 0.2) is 0 Å². The summed E-state index contributed by atoms with van der Waals surface area (Å²) in [4.78, 5) is 15.6. The van der Waals surface area contributed by atoms with Crippen molar-refractivity contribution >= 4 is 21.6 Å². The zero-order valence-electron chi connectivity index (χ0n) is 10.9. The van der Waals surface area contributed by atoms with Gasteiger partial charge in [-0.3, -0.25) is 9.89 Å². The van der Waals surface area contributed by atoms with E-state index in [0.717, 1.165) is 12.8 Å². The van der Waals surface area contributed by atoms with Crippen LogP contribution in [0.15, 0.2) is 35.5 Å². The molecule has 1 heterocycles. The molecule has 0 saturated heterocycles. The first-order valence-corrected chi connectivity index (χ1v) is 7.82. The standard InChI is InChI=1S/C12H13N5O3S/c18-12(11-13-7-14-16-11)15-8-3-5-10(6-4-8)21(19,20)17-9-1-2-9/h3-7,9,17H,1-2H2,(H,15,18)(H,13,14,16). The van der Waals surface area contributed by atoms with Crippen molar-refractivity contribution in [3.05, 3.63) is 36.4 Å². The van der Waals surface area contributed by atoms with Crippen LogP contribution in [0.3, 0.4) is 0 Å². The average molecular weight is 307 g/mol. The number of H-pyrrole nitrogens is 1. The van der Waals surface area contributed by atoms with Crippen LogP contribution in [0.25, 0.3) is 0 Å². The maximum absolute atomic E-state index is 12.0. The Morgan fingerprint density at radius 3 is 2.52 bits per heavy atom. The number of carbonyl (C=O) groups excluding carboxylic acids is 1. The van der Waals surface area contributed by atoms with Gasteiger partial charge in [0.2, 0.25) is 15.8 Å². The number of benzene rings is 1. The summed E-state index contributed by atoms with van der Waals surface area (Å²) in [6, 6.07) is 5.99. The molecule has 1 saturated carbocycles. The highest BCUT2D eigenvalue weighted by Crippen LogP contribution is 2.22. The second-order valence-electron chi connectivity index (χ2n) is 4.71. The van der Waals surface area contributed by atoms with Crippen LogP contribution in [0.1, 0.15) is 23.5 Å². The molecule has 0 atom stereocenters. The maximum Gasteiger partial charge on any atom is 0.292 e. The minimum Gasteiger partial charge on any atom is -0.319 e. The van der Waals surface area contributed by atoms with Crippen LogP contribution >= 0.6 is 0 Å². The Balaban J connectivity index is 1.70. The summed E-state index contributed by atoms with van der Waals surface area (Å²) in [7, 11) is -3.48. The van der Waals surface area contributed by atoms with Gasteiger partial charge in [-0.1, -0.05) is 0 Å². The lowest BCUT2D eigenvalue weighted by molar-refractivity contribution is 0.101. The largest absolute Gasteiger partial charge is 0.319 e. The molecule has 1 fully saturated rings. The molecule has 1 amide bonds. The van der Waals surface area contributed by atoms with Gasteiger partial charge in [-0.2, -0.15) is 5.10 Å². The molecule has 1 aromatic heterocycles. The van der Waals surface area contributed by atoms with Crippen molar-refractivity contribution in [2.75, 3.05) is 5.32 Å². The van der Waals surface area contributed by atoms with Crippen molar-refractivity contribution in [3.63, 3.8) is 0 Å². The topological polar surface area (TPSA) is 117 Å². The normalized spacial score (nSPS) is 14.9. The predicted octanol–water partition coefficient (Wildman–Crippen LogP) is 0.498. The molecule has 3 N–H and O–H groups in total. The highest BCUT2D eigenvalue weighted by atomic mass is 32.2. The van der Waals surface area contributed by atoms with Gasteiger partial charge in [-0.25, -0.2) is 18.1 Å². The Bertz CT molecular complexity index is 736. The van der Waals surface area contributed by atoms with Crippen molar-refractivity contribution < 1.29 is 13.2 Å². The molecule has 1 aliphatic carbocycles. The summed E-state index contributed by atoms with van der Waals surface area (Å²) < 4.78 is 26.6. The van der Waals surface area contributed by atoms with E-state index in [9.17, 15) is 13.2 Å². The molecule has 0 bridgehead atoms. The third-order valence-corrected chi connectivity index (χ3v) is 4.49. The average Bonchev–Trinajstić information content (AvgIpc) is 3.08. The Morgan fingerprint density at radius 1 is 1.24 bits per heavy atom. The third-order valence-electron chi connectivity index (χ3n) is 2.95. The molecule has 8 nitrogen and oxygen atoms in total. The van der Waals surface area contributed by atoms with E-state index >= 15 is 0 Å². The van der Waals surface area contributed by atoms with Crippen LogP contribution in [0.5, 0.6) is 0 Å². The van der Waals surface area contributed by atoms with Gasteiger partial charge in [0.1, 0.15) is 6.33 Å². The van der Waals surface area contributed by atoms with E-state index in [1.54, 1.807) is 0 Å². The van der Waals surface area contributed by atoms with Gasteiger partial charge in [-0.05, 0) is 37.1 Å². The lowest BCUT2D eigenvalue weighted by Crippen LogP contribution is -2.25. The molecule has 1 aliphatic rings. The fourth-order valence-electron chi connectivity index (χ4n) is 1.71. The predicted molar refractivity (Wildman–Crippen MR) is 74.1 cm³/mol. The summed E-state index contributed by atoms with van der Waals surface area (Å²) >= 11 is 0. The third kappa shape index (κ3) is 3.26. The molecule has 0 radical (unpaired) electrons. The number of rotatable bonds is 5. The summed E-state index contributed by atoms with van der Waals surface area (Å²) in [6.45, 7) is 0. The van der Waals surface area contributed by atoms with Crippen molar-refractivity contribution in [1.29, 1.82) is 0 Å². The Kier molecular flexibility index (Phi) is 3.43. The van der Waals surface area contributed by atoms with E-state index in [-0.39, 0.29) is 16.8 Å². The molecule has 110 valence electrons. The number of hydrogen-bond acceptors (Lipinski definition) is 5. The van der Waals surface area contributed by atoms with Gasteiger partial charge in [0, 0.05) is 11.7 Å². The SMILES string of the molecule is O=C(Nc1ccc(S(=O)(=O)NC2CC2)cc1)c1ncn[nH]1. The zero-order valence-corrected chi connectivity index (χ0v) is 11.7. The van der Waals surface area contributed by atoms with Crippen LogP contribution in [-0.4, -0.2) is 35.5 Å². The second kappa shape index (κ2) is 5.26. The van der Waals surface area contributed by atoms with Crippen molar-refractivity contribution in [1.82, 2.24) is 19.9 Å². The van der Waals surface area contributed by atoms with Crippen molar-refractivity contribution in [2.24, 2.45) is 0 Å². The maximum atomic E-state index is 12.0. The molecular weight excluding hydrogens is 294 g/mol. The van der Waals surface area contributed by atoms with Gasteiger partial charge < -0.3 is 5.32 Å². The van der Waals surface area contributed by atoms with Crippen LogP contribution < -0.4 is 10.0 Å². The number of carbonyl (C=O) groups is 1. The van der Waals surface area contributed by atoms with Crippen molar-refractivity contribution in [2.45, 2.75) is 23.8 Å². The molecule has 9 heteroatoms. The minimum absolute atomic E-state index is 0.0563. The number of amides is 1. The minimum atomic E-state index is -3.48. The fraction of sp³-hybridized carbons (Fsp3) is 0.250. The van der Waals surface area contributed by atoms with Gasteiger partial charge in [-0.15, -0.1) is 0 Å². The molecule has 21 heavy (non-hydrogen) atoms. The zero-order chi connectivity index (χ0) is 14.9. The molecule has 0 aliphatic heterocycles. The Labute approximate surface area is 121 Å². The van der Waals surface area contributed by atoms with Crippen LogP contribution in [0, 0.1) is 0 Å². The monoisotopic (exact) mass is 307 g/mol. The van der Waals surface area contributed by atoms with Gasteiger partial charge >= 0.3 is 0 Å². The molecule has 0 unspecified atom stereocenters. The number of nitrogens with one attached hydrogen (secondary N) is 3. The molecule has 1 aromatic carbocycles. The number of aromatic nitrogens is 3. The molecule has 2 aromatic rings. The van der Waals surface area contributed by atoms with Crippen LogP contribution in [0.4, 0.5) is 5.69 Å². The highest BCUT2D eigenvalue weighted by molar-refractivity contribution is 7.89. The number of sulfonamides is 1. The highest BCUT2D eigenvalue weighted by Gasteiger charge is 2.27. The number of anilines is 1. The molecule has 0 spiro atoms. The van der Waals surface area contributed by atoms with Crippen molar-refractivity contribution in [3.8, 4) is 0 Å². The first-order chi connectivity index (χ1) is 10.0. The number of nitrogens with zero attached hydrogens (tertiary/aromatic N) is 2. The van der Waals surface area contributed by atoms with E-state index in [2.05, 4.69) is 25.2 Å². The van der Waals surface area contributed by atoms with Crippen LogP contribution in [-0.2, 0) is 10.0 Å². The lowest BCUT2D eigenvalue weighted by atomic mass is 10.3. The fourth-order valence-corrected chi connectivity index (χ4v) is 3.02. The number of hydrogen-bond donors (Lipinski definition) is 3. The molecular formula is C12H13N5O3S. The number of aromatic amines is 1. The van der Waals surface area contributed by atoms with E-state index in [1.807, 2.05) is 0 Å². The quantitative estimate of drug-likeness (QED) is 0.743. The summed E-state index contributed by atoms with van der Waals surface area (Å²) in [5, 5.41) is 8.61. The Hall–Kier alpha value is -2.26. The summed E-state index contributed by atoms with van der Waals surface area (Å²) in [6.07, 6.45) is 2.99. The van der Waals surface area contributed by atoms with Gasteiger partial charge in [0.25, 0.3) is 5.91 Å². The van der Waals surface area contributed by atoms with E-state index < -0.39 is 15.9 Å². The first kappa shape index (κ1) is 13.7.